The van der Waals surface area contributed by atoms with Gasteiger partial charge < -0.3 is 4.43 Å². The number of Topliss-reactive ketones (excluding diaryl/α,β-unsaturated/α-hetero) is 1. The van der Waals surface area contributed by atoms with Crippen LogP contribution in [0.5, 0.6) is 0 Å². The Labute approximate surface area is 179 Å². The standard InChI is InChI=1S/C7H11BrF3NOSi.C4H9NSi.C3H2BrF3O/c1-14(2,3)13-6(4-8,5-12)7(9,10)11;1-6(2,3)4-5;4-1-2(8)3(5,6)7/h4H2,1-3H3;1-3H3;1H2. The molecule has 14 heteroatoms. The zero-order valence-electron chi connectivity index (χ0n) is 16.1. The average Bonchev–Trinajstić information content (AvgIpc) is 2.49. The van der Waals surface area contributed by atoms with Crippen molar-refractivity contribution in [3.05, 3.63) is 0 Å². The summed E-state index contributed by atoms with van der Waals surface area (Å²) in [6.07, 6.45) is -9.35. The summed E-state index contributed by atoms with van der Waals surface area (Å²) in [5, 5.41) is 15.6. The quantitative estimate of drug-likeness (QED) is 0.234. The molecule has 28 heavy (non-hydrogen) atoms. The van der Waals surface area contributed by atoms with E-state index in [1.54, 1.807) is 19.6 Å². The lowest BCUT2D eigenvalue weighted by Crippen LogP contribution is -2.53. The molecule has 0 aliphatic heterocycles. The van der Waals surface area contributed by atoms with Crippen molar-refractivity contribution in [2.45, 2.75) is 57.2 Å². The second-order valence-corrected chi connectivity index (χ2v) is 17.5. The largest absolute Gasteiger partial charge is 0.450 e. The van der Waals surface area contributed by atoms with Crippen LogP contribution in [0.15, 0.2) is 0 Å². The Morgan fingerprint density at radius 1 is 0.964 bits per heavy atom. The van der Waals surface area contributed by atoms with Crippen LogP contribution in [0.1, 0.15) is 0 Å². The highest BCUT2D eigenvalue weighted by molar-refractivity contribution is 9.09. The van der Waals surface area contributed by atoms with Crippen molar-refractivity contribution in [2.75, 3.05) is 10.7 Å². The number of alkyl halides is 8. The van der Waals surface area contributed by atoms with Gasteiger partial charge in [-0.2, -0.15) is 31.6 Å². The van der Waals surface area contributed by atoms with Gasteiger partial charge in [-0.25, -0.2) is 5.26 Å². The van der Waals surface area contributed by atoms with Crippen molar-refractivity contribution in [3.63, 3.8) is 0 Å². The summed E-state index contributed by atoms with van der Waals surface area (Å²) in [6, 6.07) is 1.20. The normalized spacial score (nSPS) is 14.1. The van der Waals surface area contributed by atoms with E-state index in [9.17, 15) is 31.1 Å². The van der Waals surface area contributed by atoms with Gasteiger partial charge >= 0.3 is 12.4 Å². The summed E-state index contributed by atoms with van der Waals surface area (Å²) >= 11 is 5.06. The van der Waals surface area contributed by atoms with Gasteiger partial charge in [0, 0.05) is 5.69 Å². The summed E-state index contributed by atoms with van der Waals surface area (Å²) in [5.74, 6) is -1.75. The van der Waals surface area contributed by atoms with Gasteiger partial charge in [0.25, 0.3) is 5.60 Å². The molecule has 164 valence electrons. The first kappa shape index (κ1) is 32.3. The molecule has 0 heterocycles. The third-order valence-corrected chi connectivity index (χ3v) is 5.01. The van der Waals surface area contributed by atoms with E-state index in [-0.39, 0.29) is 0 Å². The Morgan fingerprint density at radius 2 is 1.32 bits per heavy atom. The predicted molar refractivity (Wildman–Crippen MR) is 106 cm³/mol. The number of hydrogen-bond donors (Lipinski definition) is 0. The van der Waals surface area contributed by atoms with Crippen molar-refractivity contribution in [2.24, 2.45) is 0 Å². The van der Waals surface area contributed by atoms with Crippen molar-refractivity contribution in [1.29, 1.82) is 10.5 Å². The van der Waals surface area contributed by atoms with Gasteiger partial charge in [-0.05, 0) is 19.6 Å². The highest BCUT2D eigenvalue weighted by Gasteiger charge is 2.58. The minimum absolute atomic E-state index is 0.565. The summed E-state index contributed by atoms with van der Waals surface area (Å²) in [4.78, 5) is 9.66. The zero-order chi connectivity index (χ0) is 23.6. The van der Waals surface area contributed by atoms with Gasteiger partial charge in [-0.3, -0.25) is 4.79 Å². The van der Waals surface area contributed by atoms with Crippen LogP contribution in [0.25, 0.3) is 0 Å². The SMILES string of the molecule is C[Si](C)(C)C#N.C[Si](C)(C)OC(C#N)(CBr)C(F)(F)F.O=C(CBr)C(F)(F)F. The number of nitrogens with zero attached hydrogens (tertiary/aromatic N) is 2. The van der Waals surface area contributed by atoms with E-state index >= 15 is 0 Å². The fourth-order valence-corrected chi connectivity index (χ4v) is 3.24. The molecule has 0 aliphatic carbocycles. The monoisotopic (exact) mass is 578 g/mol. The van der Waals surface area contributed by atoms with Crippen LogP contribution < -0.4 is 0 Å². The van der Waals surface area contributed by atoms with Crippen LogP contribution in [-0.2, 0) is 9.22 Å². The lowest BCUT2D eigenvalue weighted by molar-refractivity contribution is -0.219. The van der Waals surface area contributed by atoms with Crippen LogP contribution in [0.4, 0.5) is 26.3 Å². The van der Waals surface area contributed by atoms with Crippen molar-refractivity contribution in [1.82, 2.24) is 0 Å². The number of halogens is 8. The Balaban J connectivity index is -0.000000376. The van der Waals surface area contributed by atoms with Gasteiger partial charge in [0.2, 0.25) is 5.78 Å². The van der Waals surface area contributed by atoms with Crippen LogP contribution >= 0.6 is 31.9 Å². The molecule has 0 saturated carbocycles. The maximum atomic E-state index is 12.6. The molecular formula is C14H22Br2F6N2O2Si2. The third kappa shape index (κ3) is 15.5. The van der Waals surface area contributed by atoms with E-state index in [1.165, 1.54) is 6.07 Å². The van der Waals surface area contributed by atoms with E-state index in [2.05, 4.69) is 37.6 Å². The highest BCUT2D eigenvalue weighted by Crippen LogP contribution is 2.36. The first-order valence-electron chi connectivity index (χ1n) is 7.44. The molecule has 0 aromatic rings. The molecule has 4 nitrogen and oxygen atoms in total. The first-order chi connectivity index (χ1) is 12.1. The second kappa shape index (κ2) is 12.3. The van der Waals surface area contributed by atoms with Gasteiger partial charge in [0.1, 0.15) is 6.07 Å². The maximum Gasteiger partial charge on any atom is 0.450 e. The average molecular weight is 580 g/mol. The van der Waals surface area contributed by atoms with Gasteiger partial charge in [-0.15, -0.1) is 0 Å². The molecular weight excluding hydrogens is 558 g/mol. The smallest absolute Gasteiger partial charge is 0.393 e. The molecule has 0 rings (SSSR count). The van der Waals surface area contributed by atoms with Crippen LogP contribution in [0, 0.1) is 22.3 Å². The number of ketones is 1. The van der Waals surface area contributed by atoms with Gasteiger partial charge in [0.15, 0.2) is 16.4 Å². The molecule has 0 spiro atoms. The Kier molecular flexibility index (Phi) is 14.2. The molecule has 0 N–H and O–H groups in total. The van der Waals surface area contributed by atoms with Crippen molar-refractivity contribution < 1.29 is 35.6 Å². The molecule has 1 atom stereocenters. The minimum atomic E-state index is -4.68. The summed E-state index contributed by atoms with van der Waals surface area (Å²) < 4.78 is 75.8. The van der Waals surface area contributed by atoms with E-state index in [0.717, 1.165) is 0 Å². The minimum Gasteiger partial charge on any atom is -0.393 e. The Morgan fingerprint density at radius 3 is 1.36 bits per heavy atom. The predicted octanol–water partition coefficient (Wildman–Crippen LogP) is 5.96. The highest BCUT2D eigenvalue weighted by atomic mass is 79.9. The topological polar surface area (TPSA) is 73.9 Å². The zero-order valence-corrected chi connectivity index (χ0v) is 21.3. The van der Waals surface area contributed by atoms with E-state index < -0.39 is 50.8 Å². The number of carbonyl (C=O) groups excluding carboxylic acids is 1. The van der Waals surface area contributed by atoms with E-state index in [4.69, 9.17) is 14.9 Å². The summed E-state index contributed by atoms with van der Waals surface area (Å²) in [5.41, 5.74) is -0.468. The molecule has 1 unspecified atom stereocenters. The first-order valence-corrected chi connectivity index (χ1v) is 16.6. The number of carbonyl (C=O) groups is 1. The lowest BCUT2D eigenvalue weighted by Gasteiger charge is -2.33. The molecule has 0 amide bonds. The Bertz CT molecular complexity index is 575. The second-order valence-electron chi connectivity index (χ2n) is 7.20. The molecule has 0 aromatic heterocycles. The van der Waals surface area contributed by atoms with E-state index in [1.807, 2.05) is 19.6 Å². The van der Waals surface area contributed by atoms with Crippen molar-refractivity contribution in [3.8, 4) is 11.8 Å². The molecule has 0 radical (unpaired) electrons. The van der Waals surface area contributed by atoms with Gasteiger partial charge in [0.05, 0.1) is 10.7 Å². The molecule has 0 aromatic carbocycles. The number of rotatable bonds is 4. The number of hydrogen-bond acceptors (Lipinski definition) is 4. The van der Waals surface area contributed by atoms with Crippen molar-refractivity contribution >= 4 is 54.0 Å². The molecule has 0 fully saturated rings. The van der Waals surface area contributed by atoms with E-state index in [0.29, 0.717) is 0 Å². The Hall–Kier alpha value is -0.416. The fraction of sp³-hybridized carbons (Fsp3) is 0.786. The van der Waals surface area contributed by atoms with Gasteiger partial charge in [-0.1, -0.05) is 51.5 Å². The third-order valence-electron chi connectivity index (χ3n) is 2.08. The van der Waals surface area contributed by atoms with Crippen LogP contribution in [0.3, 0.4) is 0 Å². The molecule has 0 saturated heterocycles. The fourth-order valence-electron chi connectivity index (χ4n) is 0.875. The number of nitriles is 2. The van der Waals surface area contributed by atoms with Crippen LogP contribution in [0.2, 0.25) is 39.3 Å². The molecule has 0 aliphatic rings. The molecule has 0 bridgehead atoms. The lowest BCUT2D eigenvalue weighted by atomic mass is 10.1. The summed E-state index contributed by atoms with van der Waals surface area (Å²) in [7, 11) is -3.74. The summed E-state index contributed by atoms with van der Waals surface area (Å²) in [6.45, 7) is 10.9. The van der Waals surface area contributed by atoms with Crippen LogP contribution in [-0.4, -0.2) is 50.8 Å². The maximum absolute atomic E-state index is 12.6.